The fourth-order valence-corrected chi connectivity index (χ4v) is 2.83. The number of hydrogen-bond donors (Lipinski definition) is 2. The summed E-state index contributed by atoms with van der Waals surface area (Å²) in [6.07, 6.45) is 0. The van der Waals surface area contributed by atoms with E-state index in [1.807, 2.05) is 13.8 Å². The average molecular weight is 261 g/mol. The van der Waals surface area contributed by atoms with Crippen LogP contribution in [0.1, 0.15) is 31.0 Å². The Hall–Kier alpha value is -1.39. The number of hydrogen-bond acceptors (Lipinski definition) is 3. The number of rotatable bonds is 3. The van der Waals surface area contributed by atoms with Gasteiger partial charge in [-0.15, -0.1) is 0 Å². The quantitative estimate of drug-likeness (QED) is 0.859. The monoisotopic (exact) mass is 261 g/mol. The molecule has 2 rings (SSSR count). The van der Waals surface area contributed by atoms with E-state index in [-0.39, 0.29) is 24.0 Å². The average Bonchev–Trinajstić information content (AvgIpc) is 2.34. The zero-order valence-electron chi connectivity index (χ0n) is 11.9. The van der Waals surface area contributed by atoms with Crippen molar-refractivity contribution in [2.24, 2.45) is 5.73 Å². The second-order valence-corrected chi connectivity index (χ2v) is 5.42. The van der Waals surface area contributed by atoms with E-state index in [1.165, 1.54) is 11.1 Å². The molecule has 0 spiro atoms. The lowest BCUT2D eigenvalue weighted by molar-refractivity contribution is -0.129. The molecule has 0 aliphatic carbocycles. The largest absolute Gasteiger partial charge is 0.353 e. The van der Waals surface area contributed by atoms with E-state index < -0.39 is 0 Å². The van der Waals surface area contributed by atoms with Gasteiger partial charge in [-0.25, -0.2) is 0 Å². The van der Waals surface area contributed by atoms with E-state index in [2.05, 4.69) is 41.4 Å². The van der Waals surface area contributed by atoms with Crippen molar-refractivity contribution in [3.05, 3.63) is 35.4 Å². The van der Waals surface area contributed by atoms with Crippen molar-refractivity contribution in [1.82, 2.24) is 10.2 Å². The lowest BCUT2D eigenvalue weighted by Gasteiger charge is -2.41. The van der Waals surface area contributed by atoms with Gasteiger partial charge in [0.2, 0.25) is 5.91 Å². The van der Waals surface area contributed by atoms with Crippen LogP contribution in [0.2, 0.25) is 0 Å². The van der Waals surface area contributed by atoms with Gasteiger partial charge >= 0.3 is 0 Å². The first kappa shape index (κ1) is 14.0. The number of benzene rings is 1. The fourth-order valence-electron chi connectivity index (χ4n) is 2.83. The van der Waals surface area contributed by atoms with Gasteiger partial charge in [0.05, 0.1) is 12.1 Å². The molecule has 1 fully saturated rings. The van der Waals surface area contributed by atoms with Crippen LogP contribution in [0.5, 0.6) is 0 Å². The van der Waals surface area contributed by atoms with Gasteiger partial charge in [0.15, 0.2) is 0 Å². The third kappa shape index (κ3) is 2.96. The van der Waals surface area contributed by atoms with Gasteiger partial charge in [-0.3, -0.25) is 9.69 Å². The number of carbonyl (C=O) groups excluding carboxylic acids is 1. The molecule has 1 amide bonds. The van der Waals surface area contributed by atoms with E-state index in [0.29, 0.717) is 6.54 Å². The molecule has 0 aromatic heterocycles. The highest BCUT2D eigenvalue weighted by atomic mass is 16.2. The van der Waals surface area contributed by atoms with Crippen LogP contribution >= 0.6 is 0 Å². The summed E-state index contributed by atoms with van der Waals surface area (Å²) in [6.45, 7) is 7.56. The summed E-state index contributed by atoms with van der Waals surface area (Å²) in [5, 5.41) is 2.90. The van der Waals surface area contributed by atoms with Gasteiger partial charge in [0, 0.05) is 19.1 Å². The number of carbonyl (C=O) groups is 1. The van der Waals surface area contributed by atoms with Crippen molar-refractivity contribution in [2.45, 2.75) is 38.9 Å². The molecule has 4 heteroatoms. The second kappa shape index (κ2) is 5.72. The highest BCUT2D eigenvalue weighted by Crippen LogP contribution is 2.27. The van der Waals surface area contributed by atoms with Crippen LogP contribution in [0.25, 0.3) is 0 Å². The summed E-state index contributed by atoms with van der Waals surface area (Å²) in [5.74, 6) is 0.0875. The maximum absolute atomic E-state index is 11.8. The summed E-state index contributed by atoms with van der Waals surface area (Å²) >= 11 is 0. The van der Waals surface area contributed by atoms with E-state index in [0.717, 1.165) is 6.54 Å². The highest BCUT2D eigenvalue weighted by Gasteiger charge is 2.33. The number of nitrogens with zero attached hydrogens (tertiary/aromatic N) is 1. The number of aryl methyl sites for hydroxylation is 1. The van der Waals surface area contributed by atoms with Gasteiger partial charge in [-0.05, 0) is 26.3 Å². The molecule has 0 saturated carbocycles. The van der Waals surface area contributed by atoms with Crippen molar-refractivity contribution in [3.63, 3.8) is 0 Å². The molecule has 1 aromatic carbocycles. The smallest absolute Gasteiger partial charge is 0.237 e. The highest BCUT2D eigenvalue weighted by molar-refractivity contribution is 5.82. The zero-order valence-corrected chi connectivity index (χ0v) is 11.9. The second-order valence-electron chi connectivity index (χ2n) is 5.42. The molecule has 1 heterocycles. The van der Waals surface area contributed by atoms with Gasteiger partial charge in [-0.1, -0.05) is 29.8 Å². The fraction of sp³-hybridized carbons (Fsp3) is 0.533. The summed E-state index contributed by atoms with van der Waals surface area (Å²) < 4.78 is 0. The van der Waals surface area contributed by atoms with Crippen molar-refractivity contribution in [3.8, 4) is 0 Å². The molecule has 3 atom stereocenters. The number of amides is 1. The third-order valence-corrected chi connectivity index (χ3v) is 3.79. The van der Waals surface area contributed by atoms with Gasteiger partial charge < -0.3 is 11.1 Å². The summed E-state index contributed by atoms with van der Waals surface area (Å²) in [6, 6.07) is 8.32. The number of nitrogens with one attached hydrogen (secondary N) is 1. The van der Waals surface area contributed by atoms with Crippen LogP contribution in [0.15, 0.2) is 24.3 Å². The predicted octanol–water partition coefficient (Wildman–Crippen LogP) is 1.20. The molecule has 104 valence electrons. The first-order valence-corrected chi connectivity index (χ1v) is 6.86. The number of nitrogens with two attached hydrogens (primary N) is 1. The van der Waals surface area contributed by atoms with Gasteiger partial charge in [0.1, 0.15) is 0 Å². The van der Waals surface area contributed by atoms with E-state index in [4.69, 9.17) is 5.73 Å². The zero-order chi connectivity index (χ0) is 14.0. The normalized spacial score (nSPS) is 23.8. The maximum Gasteiger partial charge on any atom is 0.237 e. The van der Waals surface area contributed by atoms with Crippen molar-refractivity contribution >= 4 is 5.91 Å². The van der Waals surface area contributed by atoms with Gasteiger partial charge in [0.25, 0.3) is 0 Å². The Bertz CT molecular complexity index is 458. The Morgan fingerprint density at radius 2 is 2.21 bits per heavy atom. The van der Waals surface area contributed by atoms with E-state index in [9.17, 15) is 4.79 Å². The predicted molar refractivity (Wildman–Crippen MR) is 76.7 cm³/mol. The SMILES string of the molecule is Cc1cccc(C(C(C)N)N2CCNC(=O)C2C)c1. The molecule has 4 nitrogen and oxygen atoms in total. The topological polar surface area (TPSA) is 58.4 Å². The Morgan fingerprint density at radius 3 is 2.84 bits per heavy atom. The van der Waals surface area contributed by atoms with Crippen molar-refractivity contribution in [2.75, 3.05) is 13.1 Å². The maximum atomic E-state index is 11.8. The van der Waals surface area contributed by atoms with Gasteiger partial charge in [-0.2, -0.15) is 0 Å². The molecule has 1 aromatic rings. The molecule has 0 radical (unpaired) electrons. The molecule has 0 bridgehead atoms. The molecule has 3 unspecified atom stereocenters. The van der Waals surface area contributed by atoms with Crippen LogP contribution < -0.4 is 11.1 Å². The molecule has 19 heavy (non-hydrogen) atoms. The minimum Gasteiger partial charge on any atom is -0.353 e. The Morgan fingerprint density at radius 1 is 1.47 bits per heavy atom. The van der Waals surface area contributed by atoms with E-state index in [1.54, 1.807) is 0 Å². The minimum atomic E-state index is -0.134. The number of piperazine rings is 1. The summed E-state index contributed by atoms with van der Waals surface area (Å²) in [5.41, 5.74) is 8.59. The van der Waals surface area contributed by atoms with Crippen LogP contribution in [0, 0.1) is 6.92 Å². The molecule has 1 aliphatic heterocycles. The van der Waals surface area contributed by atoms with E-state index >= 15 is 0 Å². The Balaban J connectivity index is 2.32. The molecular weight excluding hydrogens is 238 g/mol. The molecule has 3 N–H and O–H groups in total. The standard InChI is InChI=1S/C15H23N3O/c1-10-5-4-6-13(9-10)14(11(2)16)18-8-7-17-15(19)12(18)3/h4-6,9,11-12,14H,7-8,16H2,1-3H3,(H,17,19). The van der Waals surface area contributed by atoms with Crippen molar-refractivity contribution < 1.29 is 4.79 Å². The molecule has 1 aliphatic rings. The Kier molecular flexibility index (Phi) is 4.22. The Labute approximate surface area is 115 Å². The lowest BCUT2D eigenvalue weighted by atomic mass is 9.95. The van der Waals surface area contributed by atoms with Crippen LogP contribution in [0.3, 0.4) is 0 Å². The van der Waals surface area contributed by atoms with Crippen LogP contribution in [-0.4, -0.2) is 36.0 Å². The van der Waals surface area contributed by atoms with Crippen LogP contribution in [-0.2, 0) is 4.79 Å². The van der Waals surface area contributed by atoms with Crippen molar-refractivity contribution in [1.29, 1.82) is 0 Å². The molecular formula is C15H23N3O. The van der Waals surface area contributed by atoms with Crippen LogP contribution in [0.4, 0.5) is 0 Å². The lowest BCUT2D eigenvalue weighted by Crippen LogP contribution is -2.57. The summed E-state index contributed by atoms with van der Waals surface area (Å²) in [4.78, 5) is 14.0. The first-order valence-electron chi connectivity index (χ1n) is 6.86. The minimum absolute atomic E-state index is 0.0184. The summed E-state index contributed by atoms with van der Waals surface area (Å²) in [7, 11) is 0. The molecule has 1 saturated heterocycles. The first-order chi connectivity index (χ1) is 9.00. The third-order valence-electron chi connectivity index (χ3n) is 3.79.